The fraction of sp³-hybridized carbons (Fsp3) is 0. The number of rotatable bonds is 0. The third-order valence-corrected chi connectivity index (χ3v) is 0. The molecule has 0 fully saturated rings. The molecule has 0 aromatic carbocycles. The topological polar surface area (TPSA) is 0 Å². The molecule has 0 aromatic heterocycles. The SMILES string of the molecule is [Te-2].[Te-2].[Zn+2].[Zn+2]. The van der Waals surface area contributed by atoms with Crippen molar-refractivity contribution in [3.05, 3.63) is 0 Å². The molecule has 4 heavy (non-hydrogen) atoms. The average Bonchev–Trinajstić information content (AvgIpc) is 0. The summed E-state index contributed by atoms with van der Waals surface area (Å²) in [6.45, 7) is 0. The third-order valence-electron chi connectivity index (χ3n) is 0. The maximum absolute atomic E-state index is 0. The normalized spacial score (nSPS) is 0. The van der Waals surface area contributed by atoms with Crippen LogP contribution in [0, 0.1) is 0 Å². The van der Waals surface area contributed by atoms with Crippen LogP contribution in [0.25, 0.3) is 0 Å². The molecule has 0 aliphatic heterocycles. The molecule has 4 heteroatoms. The molecular weight excluding hydrogens is 386 g/mol. The van der Waals surface area contributed by atoms with Gasteiger partial charge in [0.15, 0.2) is 0 Å². The Balaban J connectivity index is 0. The van der Waals surface area contributed by atoms with E-state index in [1.54, 1.807) is 0 Å². The monoisotopic (exact) mass is 388 g/mol. The molecular formula is Te2Zn2. The van der Waals surface area contributed by atoms with Crippen LogP contribution in [0.15, 0.2) is 0 Å². The molecule has 0 nitrogen and oxygen atoms in total. The zero-order valence-corrected chi connectivity index (χ0v) is 12.8. The molecule has 0 saturated heterocycles. The van der Waals surface area contributed by atoms with Gasteiger partial charge in [-0.25, -0.2) is 0 Å². The Bertz CT molecular complexity index is 4.00. The van der Waals surface area contributed by atoms with E-state index in [9.17, 15) is 0 Å². The van der Waals surface area contributed by atoms with Gasteiger partial charge in [0.1, 0.15) is 0 Å². The molecule has 0 spiro atoms. The molecule has 0 amide bonds. The smallest absolute Gasteiger partial charge is 2.00 e. The van der Waals surface area contributed by atoms with Crippen molar-refractivity contribution in [2.24, 2.45) is 0 Å². The van der Waals surface area contributed by atoms with Crippen LogP contribution < -0.4 is 0 Å². The predicted octanol–water partition coefficient (Wildman–Crippen LogP) is -0.767. The van der Waals surface area contributed by atoms with Crippen LogP contribution in [0.2, 0.25) is 0 Å². The van der Waals surface area contributed by atoms with Crippen LogP contribution in [-0.4, -0.2) is 47.3 Å². The van der Waals surface area contributed by atoms with Crippen molar-refractivity contribution in [3.8, 4) is 0 Å². The van der Waals surface area contributed by atoms with E-state index in [0.717, 1.165) is 0 Å². The molecule has 0 aliphatic carbocycles. The first-order chi connectivity index (χ1) is 0. The Labute approximate surface area is 84.8 Å². The summed E-state index contributed by atoms with van der Waals surface area (Å²) in [5.74, 6) is 0. The molecule has 0 saturated carbocycles. The van der Waals surface area contributed by atoms with Gasteiger partial charge in [0.2, 0.25) is 0 Å². The fourth-order valence-corrected chi connectivity index (χ4v) is 0. The fourth-order valence-electron chi connectivity index (χ4n) is 0. The molecule has 0 rings (SSSR count). The van der Waals surface area contributed by atoms with Gasteiger partial charge in [0.25, 0.3) is 0 Å². The quantitative estimate of drug-likeness (QED) is 0.481. The summed E-state index contributed by atoms with van der Waals surface area (Å²) in [5.41, 5.74) is 0. The molecule has 0 bridgehead atoms. The zero-order valence-electron chi connectivity index (χ0n) is 2.23. The Morgan fingerprint density at radius 2 is 0.500 bits per heavy atom. The maximum Gasteiger partial charge on any atom is 2.00 e. The second-order valence-corrected chi connectivity index (χ2v) is 0. The van der Waals surface area contributed by atoms with Crippen molar-refractivity contribution in [1.82, 2.24) is 0 Å². The molecule has 0 unspecified atom stereocenters. The van der Waals surface area contributed by atoms with E-state index in [1.165, 1.54) is 0 Å². The van der Waals surface area contributed by atoms with Crippen LogP contribution in [0.4, 0.5) is 0 Å². The van der Waals surface area contributed by atoms with Gasteiger partial charge >= 0.3 is 39.0 Å². The summed E-state index contributed by atoms with van der Waals surface area (Å²) >= 11 is 0. The first-order valence-electron chi connectivity index (χ1n) is 0. The average molecular weight is 386 g/mol. The third kappa shape index (κ3) is 8.85. The van der Waals surface area contributed by atoms with Gasteiger partial charge < -0.3 is 47.3 Å². The Morgan fingerprint density at radius 3 is 0.500 bits per heavy atom. The van der Waals surface area contributed by atoms with Gasteiger partial charge in [-0.05, 0) is 0 Å². The summed E-state index contributed by atoms with van der Waals surface area (Å²) < 4.78 is 0. The van der Waals surface area contributed by atoms with E-state index in [2.05, 4.69) is 0 Å². The summed E-state index contributed by atoms with van der Waals surface area (Å²) in [4.78, 5) is 0. The van der Waals surface area contributed by atoms with Crippen LogP contribution in [0.1, 0.15) is 0 Å². The number of hydrogen-bond donors (Lipinski definition) is 0. The van der Waals surface area contributed by atoms with Crippen LogP contribution in [0.5, 0.6) is 0 Å². The maximum atomic E-state index is 0. The van der Waals surface area contributed by atoms with Gasteiger partial charge in [-0.1, -0.05) is 0 Å². The number of hydrogen-bond acceptors (Lipinski definition) is 0. The van der Waals surface area contributed by atoms with Crippen molar-refractivity contribution >= 4 is 47.3 Å². The summed E-state index contributed by atoms with van der Waals surface area (Å²) in [5, 5.41) is 0. The molecule has 0 atom stereocenters. The first kappa shape index (κ1) is 29.0. The molecule has 0 radical (unpaired) electrons. The van der Waals surface area contributed by atoms with E-state index in [-0.39, 0.29) is 86.3 Å². The van der Waals surface area contributed by atoms with Gasteiger partial charge in [-0.2, -0.15) is 0 Å². The van der Waals surface area contributed by atoms with E-state index < -0.39 is 0 Å². The Morgan fingerprint density at radius 1 is 0.500 bits per heavy atom. The largest absolute Gasteiger partial charge is 2.00 e. The van der Waals surface area contributed by atoms with E-state index in [4.69, 9.17) is 0 Å². The second-order valence-electron chi connectivity index (χ2n) is 0. The van der Waals surface area contributed by atoms with Gasteiger partial charge in [-0.15, -0.1) is 0 Å². The Hall–Kier alpha value is 2.83. The van der Waals surface area contributed by atoms with Crippen molar-refractivity contribution < 1.29 is 39.0 Å². The summed E-state index contributed by atoms with van der Waals surface area (Å²) in [7, 11) is 0. The zero-order chi connectivity index (χ0) is 0. The minimum atomic E-state index is 0. The predicted molar refractivity (Wildman–Crippen MR) is 11.5 cm³/mol. The van der Waals surface area contributed by atoms with Gasteiger partial charge in [0, 0.05) is 0 Å². The molecule has 0 aliphatic rings. The van der Waals surface area contributed by atoms with Crippen LogP contribution in [-0.2, 0) is 39.0 Å². The van der Waals surface area contributed by atoms with Crippen LogP contribution >= 0.6 is 0 Å². The van der Waals surface area contributed by atoms with Crippen molar-refractivity contribution in [3.63, 3.8) is 0 Å². The van der Waals surface area contributed by atoms with Crippen molar-refractivity contribution in [2.45, 2.75) is 0 Å². The molecule has 0 N–H and O–H groups in total. The van der Waals surface area contributed by atoms with Crippen LogP contribution in [0.3, 0.4) is 0 Å². The van der Waals surface area contributed by atoms with Gasteiger partial charge in [-0.3, -0.25) is 0 Å². The van der Waals surface area contributed by atoms with E-state index in [1.807, 2.05) is 0 Å². The molecule has 16 valence electrons. The van der Waals surface area contributed by atoms with Crippen molar-refractivity contribution in [2.75, 3.05) is 0 Å². The first-order valence-corrected chi connectivity index (χ1v) is 0. The van der Waals surface area contributed by atoms with Crippen molar-refractivity contribution in [1.29, 1.82) is 0 Å². The standard InChI is InChI=1S/2Te.2Zn/q2*-2;2*+2. The molecule has 0 aromatic rings. The van der Waals surface area contributed by atoms with E-state index >= 15 is 0 Å². The molecule has 0 heterocycles. The van der Waals surface area contributed by atoms with Gasteiger partial charge in [0.05, 0.1) is 0 Å². The van der Waals surface area contributed by atoms with E-state index in [0.29, 0.717) is 0 Å². The minimum absolute atomic E-state index is 0. The summed E-state index contributed by atoms with van der Waals surface area (Å²) in [6, 6.07) is 0. The minimum Gasteiger partial charge on any atom is -2.00 e. The Kier molecular flexibility index (Phi) is 123. The summed E-state index contributed by atoms with van der Waals surface area (Å²) in [6.07, 6.45) is 0. The second kappa shape index (κ2) is 17.0.